The smallest absolute Gasteiger partial charge is 0.468 e. The van der Waals surface area contributed by atoms with E-state index < -0.39 is 27.8 Å². The second kappa shape index (κ2) is 4.78. The van der Waals surface area contributed by atoms with E-state index in [0.717, 1.165) is 12.8 Å². The largest absolute Gasteiger partial charge is 0.481 e. The van der Waals surface area contributed by atoms with Crippen molar-refractivity contribution in [3.05, 3.63) is 28.1 Å². The van der Waals surface area contributed by atoms with Crippen LogP contribution in [0.4, 0.5) is 5.95 Å². The van der Waals surface area contributed by atoms with Gasteiger partial charge in [-0.05, 0) is 24.7 Å². The topological polar surface area (TPSA) is 132 Å². The van der Waals surface area contributed by atoms with Gasteiger partial charge in [0.25, 0.3) is 0 Å². The van der Waals surface area contributed by atoms with Crippen LogP contribution in [0.15, 0.2) is 12.3 Å². The van der Waals surface area contributed by atoms with E-state index in [0.29, 0.717) is 12.8 Å². The maximum absolute atomic E-state index is 11.6. The number of carboxylic acids is 1. The third-order valence-corrected chi connectivity index (χ3v) is 4.22. The first-order valence-corrected chi connectivity index (χ1v) is 6.31. The van der Waals surface area contributed by atoms with Crippen LogP contribution in [-0.2, 0) is 10.3 Å². The number of aliphatic carboxylic acids is 1. The van der Waals surface area contributed by atoms with Crippen molar-refractivity contribution in [2.24, 2.45) is 11.1 Å². The molecule has 1 aromatic heterocycles. The van der Waals surface area contributed by atoms with Crippen LogP contribution in [0.3, 0.4) is 0 Å². The monoisotopic (exact) mass is 280 g/mol. The van der Waals surface area contributed by atoms with Crippen LogP contribution < -0.4 is 5.73 Å². The Kier molecular flexibility index (Phi) is 3.43. The van der Waals surface area contributed by atoms with E-state index >= 15 is 0 Å². The lowest BCUT2D eigenvalue weighted by atomic mass is 9.61. The molecule has 0 aliphatic heterocycles. The van der Waals surface area contributed by atoms with Crippen LogP contribution in [-0.4, -0.2) is 26.0 Å². The highest BCUT2D eigenvalue weighted by atomic mass is 16.6. The Morgan fingerprint density at radius 1 is 1.50 bits per heavy atom. The number of nitrogens with two attached hydrogens (primary N) is 1. The van der Waals surface area contributed by atoms with Gasteiger partial charge >= 0.3 is 11.9 Å². The highest BCUT2D eigenvalue weighted by molar-refractivity contribution is 5.76. The quantitative estimate of drug-likeness (QED) is 0.627. The molecule has 3 N–H and O–H groups in total. The normalized spacial score (nSPS) is 29.9. The van der Waals surface area contributed by atoms with Crippen LogP contribution in [0.1, 0.15) is 38.3 Å². The number of nitrogens with zero attached hydrogens (tertiary/aromatic N) is 3. The second-order valence-electron chi connectivity index (χ2n) is 5.31. The maximum Gasteiger partial charge on any atom is 0.468 e. The fourth-order valence-corrected chi connectivity index (χ4v) is 2.77. The Hall–Kier alpha value is -2.09. The van der Waals surface area contributed by atoms with Gasteiger partial charge in [-0.15, -0.1) is 0 Å². The van der Waals surface area contributed by atoms with Crippen molar-refractivity contribution in [2.45, 2.75) is 38.1 Å². The number of hydrogen-bond acceptors (Lipinski definition) is 6. The third-order valence-electron chi connectivity index (χ3n) is 4.22. The lowest BCUT2D eigenvalue weighted by Gasteiger charge is -2.45. The SMILES string of the molecule is CC1(C(=O)O)CCCCC1(N)c1ccnc([N+](=O)[O-])n1. The zero-order valence-corrected chi connectivity index (χ0v) is 11.1. The van der Waals surface area contributed by atoms with Gasteiger partial charge in [-0.1, -0.05) is 22.8 Å². The maximum atomic E-state index is 11.6. The summed E-state index contributed by atoms with van der Waals surface area (Å²) < 4.78 is 0. The summed E-state index contributed by atoms with van der Waals surface area (Å²) in [5, 5.41) is 20.3. The second-order valence-corrected chi connectivity index (χ2v) is 5.31. The number of carboxylic acid groups (broad SMARTS) is 1. The number of hydrogen-bond donors (Lipinski definition) is 2. The van der Waals surface area contributed by atoms with E-state index in [4.69, 9.17) is 5.73 Å². The summed E-state index contributed by atoms with van der Waals surface area (Å²) in [6.45, 7) is 1.57. The molecule has 0 saturated heterocycles. The van der Waals surface area contributed by atoms with Gasteiger partial charge in [0.05, 0.1) is 11.0 Å². The Morgan fingerprint density at radius 2 is 2.15 bits per heavy atom. The van der Waals surface area contributed by atoms with Crippen LogP contribution in [0.25, 0.3) is 0 Å². The first kappa shape index (κ1) is 14.3. The summed E-state index contributed by atoms with van der Waals surface area (Å²) in [5.41, 5.74) is 4.11. The van der Waals surface area contributed by atoms with Crippen LogP contribution in [0, 0.1) is 15.5 Å². The molecule has 0 amide bonds. The highest BCUT2D eigenvalue weighted by Crippen LogP contribution is 2.48. The number of carbonyl (C=O) groups is 1. The van der Waals surface area contributed by atoms with Crippen LogP contribution in [0.2, 0.25) is 0 Å². The molecule has 108 valence electrons. The van der Waals surface area contributed by atoms with Gasteiger partial charge in [0, 0.05) is 6.07 Å². The first-order chi connectivity index (χ1) is 9.31. The molecule has 1 fully saturated rings. The molecular formula is C12H16N4O4. The number of nitro groups is 1. The predicted molar refractivity (Wildman–Crippen MR) is 68.8 cm³/mol. The van der Waals surface area contributed by atoms with Crippen molar-refractivity contribution in [3.63, 3.8) is 0 Å². The minimum Gasteiger partial charge on any atom is -0.481 e. The minimum atomic E-state index is -1.23. The molecule has 1 aliphatic carbocycles. The Morgan fingerprint density at radius 3 is 2.75 bits per heavy atom. The van der Waals surface area contributed by atoms with E-state index in [-0.39, 0.29) is 5.69 Å². The Balaban J connectivity index is 2.54. The molecule has 1 heterocycles. The van der Waals surface area contributed by atoms with Gasteiger partial charge < -0.3 is 21.0 Å². The van der Waals surface area contributed by atoms with Crippen LogP contribution in [0.5, 0.6) is 0 Å². The molecule has 1 aromatic rings. The van der Waals surface area contributed by atoms with E-state index in [2.05, 4.69) is 9.97 Å². The van der Waals surface area contributed by atoms with Gasteiger partial charge in [0.15, 0.2) is 0 Å². The van der Waals surface area contributed by atoms with Crippen molar-refractivity contribution in [3.8, 4) is 0 Å². The lowest BCUT2D eigenvalue weighted by molar-refractivity contribution is -0.394. The molecule has 0 radical (unpaired) electrons. The van der Waals surface area contributed by atoms with E-state index in [1.807, 2.05) is 0 Å². The summed E-state index contributed by atoms with van der Waals surface area (Å²) in [5.74, 6) is -1.58. The molecule has 0 bridgehead atoms. The van der Waals surface area contributed by atoms with Gasteiger partial charge in [-0.2, -0.15) is 0 Å². The lowest BCUT2D eigenvalue weighted by Crippen LogP contribution is -2.57. The molecule has 20 heavy (non-hydrogen) atoms. The molecule has 1 saturated carbocycles. The van der Waals surface area contributed by atoms with E-state index in [1.54, 1.807) is 6.92 Å². The molecule has 2 atom stereocenters. The van der Waals surface area contributed by atoms with Crippen molar-refractivity contribution in [1.82, 2.24) is 9.97 Å². The predicted octanol–water partition coefficient (Wildman–Crippen LogP) is 1.20. The first-order valence-electron chi connectivity index (χ1n) is 6.31. The van der Waals surface area contributed by atoms with Gasteiger partial charge in [0.1, 0.15) is 11.9 Å². The summed E-state index contributed by atoms with van der Waals surface area (Å²) in [6, 6.07) is 1.46. The standard InChI is InChI=1S/C12H16N4O4/c1-11(9(17)18)5-2-3-6-12(11,13)8-4-7-14-10(15-8)16(19)20/h4,7H,2-3,5-6,13H2,1H3,(H,17,18). The summed E-state index contributed by atoms with van der Waals surface area (Å²) >= 11 is 0. The van der Waals surface area contributed by atoms with Crippen molar-refractivity contribution in [1.29, 1.82) is 0 Å². The molecule has 2 unspecified atom stereocenters. The number of aromatic nitrogens is 2. The molecule has 2 rings (SSSR count). The summed E-state index contributed by atoms with van der Waals surface area (Å²) in [4.78, 5) is 29.1. The summed E-state index contributed by atoms with van der Waals surface area (Å²) in [6.07, 6.45) is 3.60. The molecule has 0 spiro atoms. The zero-order valence-electron chi connectivity index (χ0n) is 11.1. The third kappa shape index (κ3) is 2.01. The molecule has 0 aromatic carbocycles. The van der Waals surface area contributed by atoms with E-state index in [1.165, 1.54) is 12.3 Å². The van der Waals surface area contributed by atoms with Crippen molar-refractivity contribution >= 4 is 11.9 Å². The molecule has 8 heteroatoms. The minimum absolute atomic E-state index is 0.212. The highest BCUT2D eigenvalue weighted by Gasteiger charge is 2.55. The van der Waals surface area contributed by atoms with Gasteiger partial charge in [0.2, 0.25) is 0 Å². The zero-order chi connectivity index (χ0) is 15.0. The fraction of sp³-hybridized carbons (Fsp3) is 0.583. The fourth-order valence-electron chi connectivity index (χ4n) is 2.77. The van der Waals surface area contributed by atoms with Crippen molar-refractivity contribution < 1.29 is 14.8 Å². The Bertz CT molecular complexity index is 564. The van der Waals surface area contributed by atoms with Gasteiger partial charge in [-0.25, -0.2) is 0 Å². The van der Waals surface area contributed by atoms with E-state index in [9.17, 15) is 20.0 Å². The molecule has 8 nitrogen and oxygen atoms in total. The van der Waals surface area contributed by atoms with Crippen molar-refractivity contribution in [2.75, 3.05) is 0 Å². The average molecular weight is 280 g/mol. The summed E-state index contributed by atoms with van der Waals surface area (Å²) in [7, 11) is 0. The molecule has 1 aliphatic rings. The molecular weight excluding hydrogens is 264 g/mol. The van der Waals surface area contributed by atoms with Gasteiger partial charge in [-0.3, -0.25) is 4.79 Å². The average Bonchev–Trinajstić information content (AvgIpc) is 2.42. The number of rotatable bonds is 3. The van der Waals surface area contributed by atoms with Crippen LogP contribution >= 0.6 is 0 Å². The Labute approximate surface area is 115 Å².